The molecule has 0 aliphatic heterocycles. The first-order valence-electron chi connectivity index (χ1n) is 8.71. The van der Waals surface area contributed by atoms with Gasteiger partial charge in [0.1, 0.15) is 23.6 Å². The van der Waals surface area contributed by atoms with Crippen molar-refractivity contribution < 1.29 is 9.53 Å². The second-order valence-electron chi connectivity index (χ2n) is 6.25. The highest BCUT2D eigenvalue weighted by molar-refractivity contribution is 6.03. The van der Waals surface area contributed by atoms with E-state index in [-0.39, 0.29) is 17.7 Å². The molecule has 0 aliphatic rings. The molecule has 1 heterocycles. The van der Waals surface area contributed by atoms with Crippen LogP contribution in [0.4, 0.5) is 17.2 Å². The fourth-order valence-corrected chi connectivity index (χ4v) is 2.41. The molecule has 3 rings (SSSR count). The Morgan fingerprint density at radius 2 is 1.71 bits per heavy atom. The molecule has 7 heteroatoms. The van der Waals surface area contributed by atoms with E-state index in [4.69, 9.17) is 10.00 Å². The predicted molar refractivity (Wildman–Crippen MR) is 107 cm³/mol. The number of anilines is 3. The average molecular weight is 373 g/mol. The van der Waals surface area contributed by atoms with Gasteiger partial charge in [0.15, 0.2) is 0 Å². The first-order valence-corrected chi connectivity index (χ1v) is 8.71. The molecule has 3 aromatic rings. The van der Waals surface area contributed by atoms with Crippen LogP contribution in [0, 0.1) is 11.3 Å². The molecule has 7 nitrogen and oxygen atoms in total. The molecular weight excluding hydrogens is 354 g/mol. The van der Waals surface area contributed by atoms with E-state index in [2.05, 4.69) is 20.6 Å². The molecule has 0 radical (unpaired) electrons. The summed E-state index contributed by atoms with van der Waals surface area (Å²) in [6.45, 7) is 3.94. The number of nitriles is 1. The van der Waals surface area contributed by atoms with Gasteiger partial charge in [0.25, 0.3) is 5.91 Å². The minimum atomic E-state index is -0.365. The summed E-state index contributed by atoms with van der Waals surface area (Å²) in [6.07, 6.45) is 1.43. The minimum absolute atomic E-state index is 0.109. The molecule has 0 fully saturated rings. The third-order valence-corrected chi connectivity index (χ3v) is 3.67. The molecule has 0 bridgehead atoms. The van der Waals surface area contributed by atoms with Crippen molar-refractivity contribution in [2.24, 2.45) is 0 Å². The summed E-state index contributed by atoms with van der Waals surface area (Å²) in [5, 5.41) is 14.7. The van der Waals surface area contributed by atoms with Crippen LogP contribution in [-0.4, -0.2) is 22.0 Å². The molecule has 0 atom stereocenters. The number of ether oxygens (including phenoxy) is 1. The van der Waals surface area contributed by atoms with Gasteiger partial charge in [-0.05, 0) is 62.4 Å². The average Bonchev–Trinajstić information content (AvgIpc) is 2.70. The van der Waals surface area contributed by atoms with E-state index >= 15 is 0 Å². The maximum Gasteiger partial charge on any atom is 0.274 e. The highest BCUT2D eigenvalue weighted by Gasteiger charge is 2.10. The number of nitrogens with one attached hydrogen (secondary N) is 2. The number of hydrogen-bond acceptors (Lipinski definition) is 6. The molecule has 0 spiro atoms. The largest absolute Gasteiger partial charge is 0.491 e. The number of rotatable bonds is 6. The molecule has 1 amide bonds. The Hall–Kier alpha value is -3.92. The van der Waals surface area contributed by atoms with E-state index < -0.39 is 0 Å². The molecular formula is C21H19N5O2. The second kappa shape index (κ2) is 8.64. The monoisotopic (exact) mass is 373 g/mol. The van der Waals surface area contributed by atoms with Gasteiger partial charge < -0.3 is 15.4 Å². The molecule has 2 aromatic carbocycles. The molecule has 0 aliphatic carbocycles. The Morgan fingerprint density at radius 3 is 2.36 bits per heavy atom. The summed E-state index contributed by atoms with van der Waals surface area (Å²) in [6, 6.07) is 17.7. The Morgan fingerprint density at radius 1 is 1.04 bits per heavy atom. The van der Waals surface area contributed by atoms with Gasteiger partial charge in [0.05, 0.1) is 17.7 Å². The van der Waals surface area contributed by atoms with E-state index in [1.165, 1.54) is 6.33 Å². The lowest BCUT2D eigenvalue weighted by Gasteiger charge is -2.11. The highest BCUT2D eigenvalue weighted by Crippen LogP contribution is 2.20. The Labute approximate surface area is 163 Å². The van der Waals surface area contributed by atoms with Crippen molar-refractivity contribution in [1.29, 1.82) is 5.26 Å². The number of hydrogen-bond donors (Lipinski definition) is 2. The second-order valence-corrected chi connectivity index (χ2v) is 6.25. The summed E-state index contributed by atoms with van der Waals surface area (Å²) in [4.78, 5) is 20.6. The van der Waals surface area contributed by atoms with E-state index in [9.17, 15) is 4.79 Å². The van der Waals surface area contributed by atoms with Gasteiger partial charge in [-0.3, -0.25) is 4.79 Å². The summed E-state index contributed by atoms with van der Waals surface area (Å²) in [5.74, 6) is 0.916. The van der Waals surface area contributed by atoms with Gasteiger partial charge in [-0.25, -0.2) is 9.97 Å². The van der Waals surface area contributed by atoms with Crippen molar-refractivity contribution in [1.82, 2.24) is 9.97 Å². The Kier molecular flexibility index (Phi) is 5.82. The molecule has 0 unspecified atom stereocenters. The quantitative estimate of drug-likeness (QED) is 0.674. The lowest BCUT2D eigenvalue weighted by molar-refractivity contribution is 0.102. The lowest BCUT2D eigenvalue weighted by Crippen LogP contribution is -2.14. The normalized spacial score (nSPS) is 10.2. The van der Waals surface area contributed by atoms with Gasteiger partial charge in [-0.15, -0.1) is 0 Å². The smallest absolute Gasteiger partial charge is 0.274 e. The van der Waals surface area contributed by atoms with Crippen LogP contribution in [0.5, 0.6) is 5.75 Å². The van der Waals surface area contributed by atoms with Crippen molar-refractivity contribution in [2.75, 3.05) is 10.6 Å². The van der Waals surface area contributed by atoms with Gasteiger partial charge in [-0.1, -0.05) is 0 Å². The predicted octanol–water partition coefficient (Wildman–Crippen LogP) is 4.13. The summed E-state index contributed by atoms with van der Waals surface area (Å²) < 4.78 is 5.62. The molecule has 28 heavy (non-hydrogen) atoms. The van der Waals surface area contributed by atoms with Crippen LogP contribution < -0.4 is 15.4 Å². The SMILES string of the molecule is CC(C)Oc1ccc(Nc2cc(C(=O)Nc3ccc(C#N)cc3)ncn2)cc1. The van der Waals surface area contributed by atoms with Crippen LogP contribution in [0.1, 0.15) is 29.9 Å². The molecule has 1 aromatic heterocycles. The van der Waals surface area contributed by atoms with Crippen LogP contribution in [0.25, 0.3) is 0 Å². The van der Waals surface area contributed by atoms with Crippen LogP contribution >= 0.6 is 0 Å². The van der Waals surface area contributed by atoms with Crippen molar-refractivity contribution in [3.05, 3.63) is 72.2 Å². The first kappa shape index (κ1) is 18.9. The third-order valence-electron chi connectivity index (χ3n) is 3.67. The van der Waals surface area contributed by atoms with E-state index in [1.54, 1.807) is 30.3 Å². The molecule has 2 N–H and O–H groups in total. The highest BCUT2D eigenvalue weighted by atomic mass is 16.5. The van der Waals surface area contributed by atoms with Crippen LogP contribution in [-0.2, 0) is 0 Å². The van der Waals surface area contributed by atoms with Crippen molar-refractivity contribution in [2.45, 2.75) is 20.0 Å². The third kappa shape index (κ3) is 5.05. The van der Waals surface area contributed by atoms with Crippen LogP contribution in [0.2, 0.25) is 0 Å². The topological polar surface area (TPSA) is 99.9 Å². The fraction of sp³-hybridized carbons (Fsp3) is 0.143. The number of carbonyl (C=O) groups is 1. The Balaban J connectivity index is 1.67. The van der Waals surface area contributed by atoms with Crippen LogP contribution in [0.15, 0.2) is 60.9 Å². The lowest BCUT2D eigenvalue weighted by atomic mass is 10.2. The molecule has 0 saturated heterocycles. The maximum absolute atomic E-state index is 12.4. The standard InChI is InChI=1S/C21H19N5O2/c1-14(2)28-18-9-7-16(8-10-18)25-20-11-19(23-13-24-20)21(27)26-17-5-3-15(12-22)4-6-17/h3-11,13-14H,1-2H3,(H,26,27)(H,23,24,25). The maximum atomic E-state index is 12.4. The number of aromatic nitrogens is 2. The fourth-order valence-electron chi connectivity index (χ4n) is 2.41. The van der Waals surface area contributed by atoms with Crippen molar-refractivity contribution in [3.8, 4) is 11.8 Å². The summed E-state index contributed by atoms with van der Waals surface area (Å²) in [5.41, 5.74) is 2.14. The van der Waals surface area contributed by atoms with Gasteiger partial charge in [0.2, 0.25) is 0 Å². The van der Waals surface area contributed by atoms with Gasteiger partial charge in [0, 0.05) is 17.4 Å². The summed E-state index contributed by atoms with van der Waals surface area (Å²) >= 11 is 0. The zero-order chi connectivity index (χ0) is 19.9. The van der Waals surface area contributed by atoms with Crippen LogP contribution in [0.3, 0.4) is 0 Å². The first-order chi connectivity index (χ1) is 13.5. The number of amides is 1. The number of nitrogens with zero attached hydrogens (tertiary/aromatic N) is 3. The minimum Gasteiger partial charge on any atom is -0.491 e. The van der Waals surface area contributed by atoms with Crippen molar-refractivity contribution in [3.63, 3.8) is 0 Å². The number of benzene rings is 2. The van der Waals surface area contributed by atoms with E-state index in [1.807, 2.05) is 44.2 Å². The summed E-state index contributed by atoms with van der Waals surface area (Å²) in [7, 11) is 0. The number of carbonyl (C=O) groups excluding carboxylic acids is 1. The zero-order valence-electron chi connectivity index (χ0n) is 15.5. The molecule has 0 saturated carbocycles. The molecule has 140 valence electrons. The van der Waals surface area contributed by atoms with E-state index in [0.29, 0.717) is 17.1 Å². The van der Waals surface area contributed by atoms with Gasteiger partial charge in [-0.2, -0.15) is 5.26 Å². The Bertz CT molecular complexity index is 993. The van der Waals surface area contributed by atoms with Crippen molar-refractivity contribution >= 4 is 23.1 Å². The van der Waals surface area contributed by atoms with E-state index in [0.717, 1.165) is 11.4 Å². The van der Waals surface area contributed by atoms with Gasteiger partial charge >= 0.3 is 0 Å². The zero-order valence-corrected chi connectivity index (χ0v) is 15.5.